The maximum absolute atomic E-state index is 11.2. The van der Waals surface area contributed by atoms with Gasteiger partial charge in [0.05, 0.1) is 5.69 Å². The van der Waals surface area contributed by atoms with Crippen molar-refractivity contribution in [1.82, 2.24) is 10.6 Å². The zero-order chi connectivity index (χ0) is 21.8. The number of aliphatic hydroxyl groups is 1. The summed E-state index contributed by atoms with van der Waals surface area (Å²) in [5.41, 5.74) is 1.60. The molecule has 0 aliphatic rings. The maximum Gasteiger partial charge on any atom is 0.221 e. The van der Waals surface area contributed by atoms with Crippen LogP contribution in [0.5, 0.6) is 11.5 Å². The first-order valence-electron chi connectivity index (χ1n) is 9.78. The summed E-state index contributed by atoms with van der Waals surface area (Å²) in [4.78, 5) is 22.1. The number of carbonyl (C=O) groups excluding carboxylic acids is 2. The molecule has 8 nitrogen and oxygen atoms in total. The fraction of sp³-hybridized carbons (Fsp3) is 0.364. The largest absolute Gasteiger partial charge is 0.491 e. The van der Waals surface area contributed by atoms with E-state index in [2.05, 4.69) is 16.0 Å². The summed E-state index contributed by atoms with van der Waals surface area (Å²) in [6.07, 6.45) is -0.671. The molecule has 2 aromatic carbocycles. The van der Waals surface area contributed by atoms with Crippen LogP contribution in [-0.2, 0) is 16.1 Å². The van der Waals surface area contributed by atoms with Crippen molar-refractivity contribution in [1.29, 1.82) is 0 Å². The molecule has 0 aliphatic heterocycles. The molecule has 0 saturated heterocycles. The lowest BCUT2D eigenvalue weighted by Gasteiger charge is -2.15. The first kappa shape index (κ1) is 23.2. The zero-order valence-electron chi connectivity index (χ0n) is 17.3. The number of carbonyl (C=O) groups is 2. The standard InChI is InChI=1S/C22H29N3O5/c1-16(26)24-13-18-7-9-20(10-8-18)30-15-19(28)14-23-11-12-29-22-6-4-3-5-21(22)25-17(2)27/h3-10,19,23,28H,11-15H2,1-2H3,(H,24,26)(H,25,27). The molecule has 2 amide bonds. The van der Waals surface area contributed by atoms with Gasteiger partial charge in [0, 0.05) is 33.5 Å². The maximum atomic E-state index is 11.2. The van der Waals surface area contributed by atoms with Gasteiger partial charge >= 0.3 is 0 Å². The molecule has 0 bridgehead atoms. The number of benzene rings is 2. The van der Waals surface area contributed by atoms with E-state index in [0.29, 0.717) is 43.4 Å². The predicted octanol–water partition coefficient (Wildman–Crippen LogP) is 1.69. The van der Waals surface area contributed by atoms with E-state index in [1.54, 1.807) is 24.3 Å². The second-order valence-electron chi connectivity index (χ2n) is 6.75. The number of para-hydroxylation sites is 2. The molecule has 1 unspecified atom stereocenters. The number of aliphatic hydroxyl groups excluding tert-OH is 1. The molecular weight excluding hydrogens is 386 g/mol. The van der Waals surface area contributed by atoms with Crippen LogP contribution in [0.15, 0.2) is 48.5 Å². The summed E-state index contributed by atoms with van der Waals surface area (Å²) in [6.45, 7) is 4.83. The van der Waals surface area contributed by atoms with E-state index in [0.717, 1.165) is 5.56 Å². The van der Waals surface area contributed by atoms with E-state index in [-0.39, 0.29) is 18.4 Å². The van der Waals surface area contributed by atoms with Crippen LogP contribution in [0.4, 0.5) is 5.69 Å². The molecule has 0 aromatic heterocycles. The van der Waals surface area contributed by atoms with Crippen molar-refractivity contribution in [3.63, 3.8) is 0 Å². The molecule has 8 heteroatoms. The average molecular weight is 415 g/mol. The smallest absolute Gasteiger partial charge is 0.221 e. The Hall–Kier alpha value is -3.10. The van der Waals surface area contributed by atoms with Crippen molar-refractivity contribution in [2.24, 2.45) is 0 Å². The van der Waals surface area contributed by atoms with Gasteiger partial charge in [-0.2, -0.15) is 0 Å². The fourth-order valence-electron chi connectivity index (χ4n) is 2.57. The number of rotatable bonds is 12. The van der Waals surface area contributed by atoms with E-state index in [1.165, 1.54) is 13.8 Å². The topological polar surface area (TPSA) is 109 Å². The van der Waals surface area contributed by atoms with Crippen LogP contribution in [0.1, 0.15) is 19.4 Å². The van der Waals surface area contributed by atoms with Crippen LogP contribution in [0, 0.1) is 0 Å². The lowest BCUT2D eigenvalue weighted by molar-refractivity contribution is -0.119. The Kier molecular flexibility index (Phi) is 9.63. The Labute approximate surface area is 176 Å². The van der Waals surface area contributed by atoms with Crippen LogP contribution in [0.3, 0.4) is 0 Å². The van der Waals surface area contributed by atoms with Gasteiger partial charge < -0.3 is 30.5 Å². The summed E-state index contributed by atoms with van der Waals surface area (Å²) in [5, 5.41) is 18.6. The van der Waals surface area contributed by atoms with Gasteiger partial charge in [0.25, 0.3) is 0 Å². The molecular formula is C22H29N3O5. The Balaban J connectivity index is 1.62. The SMILES string of the molecule is CC(=O)NCc1ccc(OCC(O)CNCCOc2ccccc2NC(C)=O)cc1. The highest BCUT2D eigenvalue weighted by molar-refractivity contribution is 5.90. The first-order chi connectivity index (χ1) is 14.4. The summed E-state index contributed by atoms with van der Waals surface area (Å²) in [5.74, 6) is 1.02. The van der Waals surface area contributed by atoms with Gasteiger partial charge in [-0.3, -0.25) is 9.59 Å². The number of nitrogens with one attached hydrogen (secondary N) is 3. The van der Waals surface area contributed by atoms with Gasteiger partial charge in [-0.05, 0) is 29.8 Å². The minimum absolute atomic E-state index is 0.0757. The minimum Gasteiger partial charge on any atom is -0.491 e. The highest BCUT2D eigenvalue weighted by Gasteiger charge is 2.07. The molecule has 0 spiro atoms. The molecule has 0 radical (unpaired) electrons. The van der Waals surface area contributed by atoms with Crippen molar-refractivity contribution >= 4 is 17.5 Å². The normalized spacial score (nSPS) is 11.4. The summed E-state index contributed by atoms with van der Waals surface area (Å²) in [7, 11) is 0. The molecule has 0 aliphatic carbocycles. The van der Waals surface area contributed by atoms with Crippen LogP contribution in [-0.4, -0.2) is 49.3 Å². The number of amides is 2. The van der Waals surface area contributed by atoms with Gasteiger partial charge in [-0.1, -0.05) is 24.3 Å². The number of hydrogen-bond acceptors (Lipinski definition) is 6. The van der Waals surface area contributed by atoms with E-state index in [4.69, 9.17) is 9.47 Å². The van der Waals surface area contributed by atoms with Gasteiger partial charge in [0.15, 0.2) is 0 Å². The van der Waals surface area contributed by atoms with E-state index < -0.39 is 6.10 Å². The third-order valence-corrected chi connectivity index (χ3v) is 4.02. The van der Waals surface area contributed by atoms with Crippen molar-refractivity contribution in [3.05, 3.63) is 54.1 Å². The van der Waals surface area contributed by atoms with Crippen LogP contribution < -0.4 is 25.4 Å². The van der Waals surface area contributed by atoms with Crippen molar-refractivity contribution in [2.75, 3.05) is 31.6 Å². The molecule has 4 N–H and O–H groups in total. The molecule has 30 heavy (non-hydrogen) atoms. The van der Waals surface area contributed by atoms with Crippen molar-refractivity contribution < 1.29 is 24.2 Å². The van der Waals surface area contributed by atoms with Gasteiger partial charge in [-0.25, -0.2) is 0 Å². The molecule has 1 atom stereocenters. The van der Waals surface area contributed by atoms with Crippen LogP contribution >= 0.6 is 0 Å². The third kappa shape index (κ3) is 8.93. The summed E-state index contributed by atoms with van der Waals surface area (Å²) in [6, 6.07) is 14.6. The second kappa shape index (κ2) is 12.5. The Bertz CT molecular complexity index is 811. The van der Waals surface area contributed by atoms with Crippen LogP contribution in [0.2, 0.25) is 0 Å². The van der Waals surface area contributed by atoms with Gasteiger partial charge in [0.1, 0.15) is 30.8 Å². The number of ether oxygens (including phenoxy) is 2. The molecule has 2 rings (SSSR count). The molecule has 2 aromatic rings. The van der Waals surface area contributed by atoms with Crippen LogP contribution in [0.25, 0.3) is 0 Å². The van der Waals surface area contributed by atoms with Gasteiger partial charge in [-0.15, -0.1) is 0 Å². The molecule has 0 fully saturated rings. The molecule has 0 saturated carbocycles. The lowest BCUT2D eigenvalue weighted by Crippen LogP contribution is -2.33. The third-order valence-electron chi connectivity index (χ3n) is 4.02. The molecule has 0 heterocycles. The average Bonchev–Trinajstić information content (AvgIpc) is 2.72. The summed E-state index contributed by atoms with van der Waals surface area (Å²) < 4.78 is 11.3. The molecule has 162 valence electrons. The van der Waals surface area contributed by atoms with Gasteiger partial charge in [0.2, 0.25) is 11.8 Å². The Morgan fingerprint density at radius 3 is 2.43 bits per heavy atom. The lowest BCUT2D eigenvalue weighted by atomic mass is 10.2. The monoisotopic (exact) mass is 415 g/mol. The quantitative estimate of drug-likeness (QED) is 0.393. The number of hydrogen-bond donors (Lipinski definition) is 4. The second-order valence-corrected chi connectivity index (χ2v) is 6.75. The first-order valence-corrected chi connectivity index (χ1v) is 9.78. The van der Waals surface area contributed by atoms with Crippen molar-refractivity contribution in [3.8, 4) is 11.5 Å². The fourth-order valence-corrected chi connectivity index (χ4v) is 2.57. The van der Waals surface area contributed by atoms with E-state index >= 15 is 0 Å². The van der Waals surface area contributed by atoms with E-state index in [1.807, 2.05) is 24.3 Å². The predicted molar refractivity (Wildman–Crippen MR) is 115 cm³/mol. The zero-order valence-corrected chi connectivity index (χ0v) is 17.3. The highest BCUT2D eigenvalue weighted by Crippen LogP contribution is 2.23. The minimum atomic E-state index is -0.671. The Morgan fingerprint density at radius 1 is 1.00 bits per heavy atom. The van der Waals surface area contributed by atoms with E-state index in [9.17, 15) is 14.7 Å². The highest BCUT2D eigenvalue weighted by atomic mass is 16.5. The Morgan fingerprint density at radius 2 is 1.73 bits per heavy atom. The number of anilines is 1. The van der Waals surface area contributed by atoms with Crippen molar-refractivity contribution in [2.45, 2.75) is 26.5 Å². The summed E-state index contributed by atoms with van der Waals surface area (Å²) >= 11 is 0.